The van der Waals surface area contributed by atoms with Gasteiger partial charge in [-0.2, -0.15) is 13.2 Å². The first-order valence-electron chi connectivity index (χ1n) is 7.32. The molecule has 130 valence electrons. The van der Waals surface area contributed by atoms with Crippen molar-refractivity contribution in [2.45, 2.75) is 32.5 Å². The average molecular weight is 396 g/mol. The second-order valence-electron chi connectivity index (χ2n) is 4.87. The zero-order valence-electron chi connectivity index (χ0n) is 13.1. The minimum Gasteiger partial charge on any atom is -0.488 e. The molecule has 4 nitrogen and oxygen atoms in total. The van der Waals surface area contributed by atoms with Crippen LogP contribution in [0.2, 0.25) is 0 Å². The molecule has 0 fully saturated rings. The summed E-state index contributed by atoms with van der Waals surface area (Å²) >= 11 is 3.39. The highest BCUT2D eigenvalue weighted by atomic mass is 79.9. The highest BCUT2D eigenvalue weighted by Gasteiger charge is 2.26. The lowest BCUT2D eigenvalue weighted by atomic mass is 10.3. The Morgan fingerprint density at radius 3 is 2.61 bits per heavy atom. The number of rotatable bonds is 7. The fourth-order valence-corrected chi connectivity index (χ4v) is 2.06. The largest absolute Gasteiger partial charge is 0.488 e. The number of hydrogen-bond donors (Lipinski definition) is 2. The summed E-state index contributed by atoms with van der Waals surface area (Å²) in [6, 6.07) is 7.44. The van der Waals surface area contributed by atoms with Crippen LogP contribution in [0.1, 0.15) is 20.3 Å². The van der Waals surface area contributed by atoms with Gasteiger partial charge in [0.2, 0.25) is 0 Å². The summed E-state index contributed by atoms with van der Waals surface area (Å²) in [5, 5.41) is 5.57. The summed E-state index contributed by atoms with van der Waals surface area (Å²) in [6.45, 7) is 4.37. The summed E-state index contributed by atoms with van der Waals surface area (Å²) in [4.78, 5) is 4.25. The Hall–Kier alpha value is -1.44. The molecular formula is C15H21BrF3N3O. The molecule has 23 heavy (non-hydrogen) atoms. The predicted octanol–water partition coefficient (Wildman–Crippen LogP) is 3.72. The first-order valence-corrected chi connectivity index (χ1v) is 8.11. The first-order chi connectivity index (χ1) is 10.8. The molecule has 0 saturated carbocycles. The molecule has 2 N–H and O–H groups in total. The minimum absolute atomic E-state index is 0.213. The van der Waals surface area contributed by atoms with Crippen molar-refractivity contribution in [1.29, 1.82) is 0 Å². The normalized spacial score (nSPS) is 13.6. The van der Waals surface area contributed by atoms with Crippen molar-refractivity contribution in [2.24, 2.45) is 4.99 Å². The van der Waals surface area contributed by atoms with E-state index < -0.39 is 12.6 Å². The standard InChI is InChI=1S/C15H21BrF3N3O/c1-3-20-14(21-9-8-15(17,18)19)22-10-11(2)23-13-7-5-4-6-12(13)16/h4-7,11H,3,8-10H2,1-2H3,(H2,20,21,22). The van der Waals surface area contributed by atoms with E-state index in [9.17, 15) is 13.2 Å². The Balaban J connectivity index is 2.50. The van der Waals surface area contributed by atoms with E-state index in [0.717, 1.165) is 4.47 Å². The van der Waals surface area contributed by atoms with E-state index in [1.165, 1.54) is 0 Å². The van der Waals surface area contributed by atoms with Crippen LogP contribution in [0.25, 0.3) is 0 Å². The zero-order chi connectivity index (χ0) is 17.3. The third kappa shape index (κ3) is 8.68. The summed E-state index contributed by atoms with van der Waals surface area (Å²) in [5.41, 5.74) is 0. The number of aliphatic imine (C=N–C) groups is 1. The summed E-state index contributed by atoms with van der Waals surface area (Å²) in [6.07, 6.45) is -5.30. The van der Waals surface area contributed by atoms with Crippen LogP contribution < -0.4 is 15.4 Å². The van der Waals surface area contributed by atoms with Crippen molar-refractivity contribution in [3.05, 3.63) is 28.7 Å². The number of ether oxygens (including phenoxy) is 1. The number of nitrogens with zero attached hydrogens (tertiary/aromatic N) is 1. The second kappa shape index (κ2) is 9.64. The number of hydrogen-bond acceptors (Lipinski definition) is 2. The van der Waals surface area contributed by atoms with Crippen molar-refractivity contribution < 1.29 is 17.9 Å². The highest BCUT2D eigenvalue weighted by molar-refractivity contribution is 9.10. The molecule has 0 radical (unpaired) electrons. The quantitative estimate of drug-likeness (QED) is 0.546. The van der Waals surface area contributed by atoms with Gasteiger partial charge in [0.05, 0.1) is 17.4 Å². The molecule has 1 aromatic carbocycles. The maximum atomic E-state index is 12.2. The van der Waals surface area contributed by atoms with Crippen LogP contribution >= 0.6 is 15.9 Å². The van der Waals surface area contributed by atoms with Gasteiger partial charge in [0.15, 0.2) is 5.96 Å². The van der Waals surface area contributed by atoms with E-state index in [1.54, 1.807) is 0 Å². The number of alkyl halides is 3. The van der Waals surface area contributed by atoms with E-state index >= 15 is 0 Å². The molecule has 1 aromatic rings. The van der Waals surface area contributed by atoms with E-state index in [4.69, 9.17) is 4.74 Å². The number of nitrogens with one attached hydrogen (secondary N) is 2. The number of guanidine groups is 1. The maximum absolute atomic E-state index is 12.2. The Kier molecular flexibility index (Phi) is 8.22. The number of halogens is 4. The molecule has 0 aliphatic rings. The van der Waals surface area contributed by atoms with Gasteiger partial charge in [-0.15, -0.1) is 0 Å². The van der Waals surface area contributed by atoms with Crippen LogP contribution in [0.3, 0.4) is 0 Å². The lowest BCUT2D eigenvalue weighted by Gasteiger charge is -2.16. The zero-order valence-corrected chi connectivity index (χ0v) is 14.7. The van der Waals surface area contributed by atoms with Gasteiger partial charge in [-0.1, -0.05) is 12.1 Å². The van der Waals surface area contributed by atoms with Gasteiger partial charge in [0.1, 0.15) is 11.9 Å². The van der Waals surface area contributed by atoms with Gasteiger partial charge in [-0.25, -0.2) is 4.99 Å². The molecule has 0 amide bonds. The van der Waals surface area contributed by atoms with Crippen LogP contribution in [-0.4, -0.2) is 37.9 Å². The van der Waals surface area contributed by atoms with Gasteiger partial charge in [0.25, 0.3) is 0 Å². The number of benzene rings is 1. The fourth-order valence-electron chi connectivity index (χ4n) is 1.68. The summed E-state index contributed by atoms with van der Waals surface area (Å²) in [7, 11) is 0. The van der Waals surface area contributed by atoms with Crippen LogP contribution in [0.4, 0.5) is 13.2 Å². The van der Waals surface area contributed by atoms with E-state index in [1.807, 2.05) is 38.1 Å². The first kappa shape index (κ1) is 19.6. The van der Waals surface area contributed by atoms with Gasteiger partial charge in [-0.05, 0) is 41.9 Å². The van der Waals surface area contributed by atoms with Gasteiger partial charge in [0, 0.05) is 13.1 Å². The van der Waals surface area contributed by atoms with E-state index in [0.29, 0.717) is 24.8 Å². The Labute approximate surface area is 142 Å². The maximum Gasteiger partial charge on any atom is 0.390 e. The van der Waals surface area contributed by atoms with Crippen molar-refractivity contribution in [3.63, 3.8) is 0 Å². The van der Waals surface area contributed by atoms with Gasteiger partial charge in [-0.3, -0.25) is 0 Å². The van der Waals surface area contributed by atoms with Crippen molar-refractivity contribution in [1.82, 2.24) is 10.6 Å². The average Bonchev–Trinajstić information content (AvgIpc) is 2.46. The lowest BCUT2D eigenvalue weighted by molar-refractivity contribution is -0.132. The van der Waals surface area contributed by atoms with Crippen molar-refractivity contribution in [2.75, 3.05) is 19.6 Å². The molecule has 1 rings (SSSR count). The van der Waals surface area contributed by atoms with Gasteiger partial charge >= 0.3 is 6.18 Å². The van der Waals surface area contributed by atoms with Crippen LogP contribution in [0.5, 0.6) is 5.75 Å². The molecule has 0 saturated heterocycles. The van der Waals surface area contributed by atoms with Crippen LogP contribution in [-0.2, 0) is 0 Å². The van der Waals surface area contributed by atoms with E-state index in [2.05, 4.69) is 31.6 Å². The fraction of sp³-hybridized carbons (Fsp3) is 0.533. The molecule has 0 heterocycles. The molecule has 8 heteroatoms. The molecule has 0 spiro atoms. The van der Waals surface area contributed by atoms with Gasteiger partial charge < -0.3 is 15.4 Å². The summed E-state index contributed by atoms with van der Waals surface area (Å²) < 4.78 is 43.1. The Bertz CT molecular complexity index is 509. The third-order valence-electron chi connectivity index (χ3n) is 2.72. The lowest BCUT2D eigenvalue weighted by Crippen LogP contribution is -2.39. The molecule has 0 aliphatic carbocycles. The summed E-state index contributed by atoms with van der Waals surface area (Å²) in [5.74, 6) is 1.05. The Morgan fingerprint density at radius 2 is 2.00 bits per heavy atom. The molecule has 1 unspecified atom stereocenters. The smallest absolute Gasteiger partial charge is 0.390 e. The second-order valence-corrected chi connectivity index (χ2v) is 5.72. The van der Waals surface area contributed by atoms with Crippen LogP contribution in [0, 0.1) is 0 Å². The highest BCUT2D eigenvalue weighted by Crippen LogP contribution is 2.24. The molecular weight excluding hydrogens is 375 g/mol. The molecule has 0 aliphatic heterocycles. The van der Waals surface area contributed by atoms with Crippen molar-refractivity contribution in [3.8, 4) is 5.75 Å². The minimum atomic E-state index is -4.18. The monoisotopic (exact) mass is 395 g/mol. The third-order valence-corrected chi connectivity index (χ3v) is 3.37. The SMILES string of the molecule is CCNC(=NCC(C)Oc1ccccc1Br)NCCC(F)(F)F. The molecule has 0 aromatic heterocycles. The van der Waals surface area contributed by atoms with Crippen LogP contribution in [0.15, 0.2) is 33.7 Å². The molecule has 1 atom stereocenters. The molecule has 0 bridgehead atoms. The topological polar surface area (TPSA) is 45.7 Å². The predicted molar refractivity (Wildman–Crippen MR) is 88.9 cm³/mol. The van der Waals surface area contributed by atoms with Crippen molar-refractivity contribution >= 4 is 21.9 Å². The Morgan fingerprint density at radius 1 is 1.30 bits per heavy atom. The number of para-hydroxylation sites is 1. The van der Waals surface area contributed by atoms with E-state index in [-0.39, 0.29) is 12.6 Å².